The van der Waals surface area contributed by atoms with E-state index in [1.807, 2.05) is 19.0 Å². The van der Waals surface area contributed by atoms with Crippen LogP contribution in [0.15, 0.2) is 11.8 Å². The van der Waals surface area contributed by atoms with Crippen LogP contribution in [0.3, 0.4) is 0 Å². The van der Waals surface area contributed by atoms with Crippen molar-refractivity contribution >= 4 is 5.97 Å². The predicted octanol–water partition coefficient (Wildman–Crippen LogP) is -0.436. The highest BCUT2D eigenvalue weighted by atomic mass is 16.5. The standard InChI is InChI=1S/C7H14N2O2/c1-9(2)5-6(8)4-7(10)11-3/h4H,5,8H2,1-3H3/b6-4-. The van der Waals surface area contributed by atoms with Gasteiger partial charge in [-0.3, -0.25) is 0 Å². The molecule has 0 radical (unpaired) electrons. The van der Waals surface area contributed by atoms with Gasteiger partial charge in [0.25, 0.3) is 0 Å². The van der Waals surface area contributed by atoms with E-state index in [9.17, 15) is 4.79 Å². The molecule has 64 valence electrons. The number of nitrogens with zero attached hydrogens (tertiary/aromatic N) is 1. The van der Waals surface area contributed by atoms with Crippen molar-refractivity contribution in [2.75, 3.05) is 27.7 Å². The molecular formula is C7H14N2O2. The van der Waals surface area contributed by atoms with Gasteiger partial charge in [-0.1, -0.05) is 0 Å². The smallest absolute Gasteiger partial charge is 0.332 e. The minimum atomic E-state index is -0.413. The topological polar surface area (TPSA) is 55.6 Å². The zero-order valence-electron chi connectivity index (χ0n) is 7.13. The second-order valence-electron chi connectivity index (χ2n) is 2.48. The Balaban J connectivity index is 3.90. The number of ether oxygens (including phenoxy) is 1. The van der Waals surface area contributed by atoms with Gasteiger partial charge < -0.3 is 15.4 Å². The third-order valence-electron chi connectivity index (χ3n) is 1.00. The summed E-state index contributed by atoms with van der Waals surface area (Å²) in [5.74, 6) is -0.413. The molecule has 2 N–H and O–H groups in total. The highest BCUT2D eigenvalue weighted by molar-refractivity contribution is 5.82. The lowest BCUT2D eigenvalue weighted by molar-refractivity contribution is -0.134. The van der Waals surface area contributed by atoms with Crippen LogP contribution in [-0.2, 0) is 9.53 Å². The molecule has 0 heterocycles. The van der Waals surface area contributed by atoms with E-state index in [1.165, 1.54) is 13.2 Å². The fourth-order valence-electron chi connectivity index (χ4n) is 0.621. The zero-order valence-corrected chi connectivity index (χ0v) is 7.13. The Morgan fingerprint density at radius 3 is 2.55 bits per heavy atom. The lowest BCUT2D eigenvalue weighted by Gasteiger charge is -2.08. The monoisotopic (exact) mass is 158 g/mol. The van der Waals surface area contributed by atoms with Gasteiger partial charge in [0.05, 0.1) is 7.11 Å². The van der Waals surface area contributed by atoms with E-state index in [2.05, 4.69) is 4.74 Å². The highest BCUT2D eigenvalue weighted by Gasteiger charge is 1.97. The summed E-state index contributed by atoms with van der Waals surface area (Å²) in [6.07, 6.45) is 1.28. The Kier molecular flexibility index (Phi) is 4.29. The fourth-order valence-corrected chi connectivity index (χ4v) is 0.621. The average Bonchev–Trinajstić information content (AvgIpc) is 1.85. The van der Waals surface area contributed by atoms with Crippen LogP contribution in [0.2, 0.25) is 0 Å². The second kappa shape index (κ2) is 4.73. The Bertz CT molecular complexity index is 164. The van der Waals surface area contributed by atoms with E-state index >= 15 is 0 Å². The Hall–Kier alpha value is -1.03. The van der Waals surface area contributed by atoms with E-state index in [4.69, 9.17) is 5.73 Å². The van der Waals surface area contributed by atoms with Crippen LogP contribution in [0.1, 0.15) is 0 Å². The summed E-state index contributed by atoms with van der Waals surface area (Å²) in [6, 6.07) is 0. The normalized spacial score (nSPS) is 11.8. The maximum Gasteiger partial charge on any atom is 0.332 e. The van der Waals surface area contributed by atoms with Crippen molar-refractivity contribution in [2.24, 2.45) is 5.73 Å². The quantitative estimate of drug-likeness (QED) is 0.447. The molecule has 0 rings (SSSR count). The lowest BCUT2D eigenvalue weighted by Crippen LogP contribution is -2.20. The molecule has 0 spiro atoms. The molecule has 4 nitrogen and oxygen atoms in total. The summed E-state index contributed by atoms with van der Waals surface area (Å²) >= 11 is 0. The number of carbonyl (C=O) groups excluding carboxylic acids is 1. The van der Waals surface area contributed by atoms with Gasteiger partial charge in [0.1, 0.15) is 0 Å². The fraction of sp³-hybridized carbons (Fsp3) is 0.571. The molecule has 0 aliphatic carbocycles. The molecule has 4 heteroatoms. The van der Waals surface area contributed by atoms with E-state index in [0.717, 1.165) is 0 Å². The maximum absolute atomic E-state index is 10.6. The van der Waals surface area contributed by atoms with Crippen molar-refractivity contribution < 1.29 is 9.53 Å². The van der Waals surface area contributed by atoms with Crippen LogP contribution in [0.25, 0.3) is 0 Å². The Morgan fingerprint density at radius 1 is 1.64 bits per heavy atom. The number of rotatable bonds is 3. The van der Waals surface area contributed by atoms with Crippen molar-refractivity contribution in [2.45, 2.75) is 0 Å². The molecular weight excluding hydrogens is 144 g/mol. The number of esters is 1. The van der Waals surface area contributed by atoms with E-state index in [0.29, 0.717) is 12.2 Å². The molecule has 0 aliphatic heterocycles. The Morgan fingerprint density at radius 2 is 2.18 bits per heavy atom. The highest BCUT2D eigenvalue weighted by Crippen LogP contribution is 1.87. The van der Waals surface area contributed by atoms with Crippen LogP contribution in [0, 0.1) is 0 Å². The largest absolute Gasteiger partial charge is 0.466 e. The molecule has 0 amide bonds. The van der Waals surface area contributed by atoms with Crippen molar-refractivity contribution in [3.63, 3.8) is 0 Å². The first-order valence-corrected chi connectivity index (χ1v) is 3.25. The Labute approximate surface area is 66.6 Å². The number of hydrogen-bond donors (Lipinski definition) is 1. The van der Waals surface area contributed by atoms with E-state index in [1.54, 1.807) is 0 Å². The van der Waals surface area contributed by atoms with Gasteiger partial charge in [0.15, 0.2) is 0 Å². The second-order valence-corrected chi connectivity index (χ2v) is 2.48. The summed E-state index contributed by atoms with van der Waals surface area (Å²) in [7, 11) is 5.07. The summed E-state index contributed by atoms with van der Waals surface area (Å²) in [5, 5.41) is 0. The van der Waals surface area contributed by atoms with Crippen LogP contribution < -0.4 is 5.73 Å². The van der Waals surface area contributed by atoms with Crippen LogP contribution in [0.4, 0.5) is 0 Å². The van der Waals surface area contributed by atoms with Gasteiger partial charge in [0, 0.05) is 18.3 Å². The number of likely N-dealkylation sites (N-methyl/N-ethyl adjacent to an activating group) is 1. The molecule has 0 saturated carbocycles. The first-order chi connectivity index (χ1) is 5.06. The molecule has 0 aromatic rings. The van der Waals surface area contributed by atoms with Gasteiger partial charge in [-0.15, -0.1) is 0 Å². The van der Waals surface area contributed by atoms with E-state index < -0.39 is 5.97 Å². The van der Waals surface area contributed by atoms with Crippen LogP contribution >= 0.6 is 0 Å². The third kappa shape index (κ3) is 5.42. The predicted molar refractivity (Wildman–Crippen MR) is 42.8 cm³/mol. The van der Waals surface area contributed by atoms with Crippen molar-refractivity contribution in [3.8, 4) is 0 Å². The number of hydrogen-bond acceptors (Lipinski definition) is 4. The van der Waals surface area contributed by atoms with Crippen molar-refractivity contribution in [1.29, 1.82) is 0 Å². The van der Waals surface area contributed by atoms with Crippen molar-refractivity contribution in [1.82, 2.24) is 4.90 Å². The minimum absolute atomic E-state index is 0.413. The number of nitrogens with two attached hydrogens (primary N) is 1. The maximum atomic E-state index is 10.6. The molecule has 0 aromatic carbocycles. The lowest BCUT2D eigenvalue weighted by atomic mass is 10.4. The van der Waals surface area contributed by atoms with Crippen LogP contribution in [0.5, 0.6) is 0 Å². The number of carbonyl (C=O) groups is 1. The van der Waals surface area contributed by atoms with Gasteiger partial charge in [-0.25, -0.2) is 4.79 Å². The SMILES string of the molecule is COC(=O)/C=C(\N)CN(C)C. The van der Waals surface area contributed by atoms with Gasteiger partial charge >= 0.3 is 5.97 Å². The third-order valence-corrected chi connectivity index (χ3v) is 1.00. The molecule has 0 saturated heterocycles. The molecule has 0 fully saturated rings. The van der Waals surface area contributed by atoms with Gasteiger partial charge in [0.2, 0.25) is 0 Å². The van der Waals surface area contributed by atoms with Crippen molar-refractivity contribution in [3.05, 3.63) is 11.8 Å². The summed E-state index contributed by atoms with van der Waals surface area (Å²) in [6.45, 7) is 0.565. The van der Waals surface area contributed by atoms with Gasteiger partial charge in [-0.05, 0) is 14.1 Å². The zero-order chi connectivity index (χ0) is 8.85. The van der Waals surface area contributed by atoms with Crippen LogP contribution in [-0.4, -0.2) is 38.6 Å². The first kappa shape index (κ1) is 9.97. The molecule has 11 heavy (non-hydrogen) atoms. The molecule has 0 unspecified atom stereocenters. The number of methoxy groups -OCH3 is 1. The summed E-state index contributed by atoms with van der Waals surface area (Å²) in [4.78, 5) is 12.5. The summed E-state index contributed by atoms with van der Waals surface area (Å²) in [5.41, 5.74) is 5.97. The molecule has 0 bridgehead atoms. The average molecular weight is 158 g/mol. The first-order valence-electron chi connectivity index (χ1n) is 3.25. The van der Waals surface area contributed by atoms with Gasteiger partial charge in [-0.2, -0.15) is 0 Å². The minimum Gasteiger partial charge on any atom is -0.466 e. The molecule has 0 aliphatic rings. The summed E-state index contributed by atoms with van der Waals surface area (Å²) < 4.78 is 4.39. The molecule has 0 atom stereocenters. The molecule has 0 aromatic heterocycles. The van der Waals surface area contributed by atoms with E-state index in [-0.39, 0.29) is 0 Å².